The Bertz CT molecular complexity index is 1020. The summed E-state index contributed by atoms with van der Waals surface area (Å²) in [5, 5.41) is 11.5. The van der Waals surface area contributed by atoms with Crippen molar-refractivity contribution in [3.8, 4) is 0 Å². The van der Waals surface area contributed by atoms with Crippen molar-refractivity contribution in [2.24, 2.45) is 0 Å². The maximum absolute atomic E-state index is 12.6. The highest BCUT2D eigenvalue weighted by atomic mass is 19.4. The topological polar surface area (TPSA) is 87.1 Å². The molecule has 3 aromatic rings. The number of pyridine rings is 2. The van der Waals surface area contributed by atoms with Gasteiger partial charge in [0, 0.05) is 38.6 Å². The van der Waals surface area contributed by atoms with Gasteiger partial charge in [-0.25, -0.2) is 0 Å². The third kappa shape index (κ3) is 4.87. The molecular formula is C20H18F3N7O. The summed E-state index contributed by atoms with van der Waals surface area (Å²) in [6, 6.07) is 9.30. The molecule has 1 saturated heterocycles. The molecule has 0 saturated carbocycles. The molecule has 3 aromatic heterocycles. The first-order valence-electron chi connectivity index (χ1n) is 9.48. The maximum Gasteiger partial charge on any atom is 0.433 e. The molecule has 0 bridgehead atoms. The molecule has 11 heteroatoms. The van der Waals surface area contributed by atoms with Crippen molar-refractivity contribution >= 4 is 23.2 Å². The molecule has 31 heavy (non-hydrogen) atoms. The van der Waals surface area contributed by atoms with E-state index in [0.717, 1.165) is 24.0 Å². The second kappa shape index (κ2) is 8.54. The van der Waals surface area contributed by atoms with Gasteiger partial charge in [0.25, 0.3) is 5.91 Å². The summed E-state index contributed by atoms with van der Waals surface area (Å²) in [6.45, 7) is 1.89. The molecule has 1 fully saturated rings. The van der Waals surface area contributed by atoms with Gasteiger partial charge in [0.2, 0.25) is 0 Å². The zero-order valence-corrected chi connectivity index (χ0v) is 16.3. The summed E-state index contributed by atoms with van der Waals surface area (Å²) in [5.41, 5.74) is -0.0876. The number of piperazine rings is 1. The molecule has 0 radical (unpaired) electrons. The Kier molecular flexibility index (Phi) is 5.65. The number of anilines is 3. The van der Waals surface area contributed by atoms with Crippen LogP contribution in [-0.4, -0.2) is 57.2 Å². The first kappa shape index (κ1) is 20.5. The molecule has 0 spiro atoms. The van der Waals surface area contributed by atoms with E-state index in [-0.39, 0.29) is 11.5 Å². The van der Waals surface area contributed by atoms with Crippen LogP contribution in [0.5, 0.6) is 0 Å². The summed E-state index contributed by atoms with van der Waals surface area (Å²) in [6.07, 6.45) is -0.204. The van der Waals surface area contributed by atoms with Crippen molar-refractivity contribution in [3.05, 3.63) is 66.2 Å². The number of carbonyl (C=O) groups excluding carboxylic acids is 1. The lowest BCUT2D eigenvalue weighted by Crippen LogP contribution is -2.49. The minimum Gasteiger partial charge on any atom is -0.352 e. The van der Waals surface area contributed by atoms with Crippen LogP contribution in [0.1, 0.15) is 16.1 Å². The fraction of sp³-hybridized carbons (Fsp3) is 0.250. The van der Waals surface area contributed by atoms with Gasteiger partial charge >= 0.3 is 6.18 Å². The second-order valence-corrected chi connectivity index (χ2v) is 6.85. The van der Waals surface area contributed by atoms with Gasteiger partial charge < -0.3 is 15.1 Å². The molecule has 0 aromatic carbocycles. The molecule has 4 rings (SSSR count). The molecule has 4 heterocycles. The number of carbonyl (C=O) groups is 1. The predicted molar refractivity (Wildman–Crippen MR) is 107 cm³/mol. The molecule has 1 amide bonds. The van der Waals surface area contributed by atoms with Crippen molar-refractivity contribution in [2.75, 3.05) is 36.4 Å². The largest absolute Gasteiger partial charge is 0.433 e. The van der Waals surface area contributed by atoms with Crippen LogP contribution < -0.4 is 10.2 Å². The van der Waals surface area contributed by atoms with Gasteiger partial charge in [0.05, 0.1) is 17.4 Å². The fourth-order valence-electron chi connectivity index (χ4n) is 3.15. The lowest BCUT2D eigenvalue weighted by Gasteiger charge is -2.35. The van der Waals surface area contributed by atoms with Gasteiger partial charge in [-0.1, -0.05) is 0 Å². The highest BCUT2D eigenvalue weighted by Crippen LogP contribution is 2.27. The number of rotatable bonds is 4. The first-order chi connectivity index (χ1) is 14.9. The van der Waals surface area contributed by atoms with Gasteiger partial charge in [0.15, 0.2) is 11.6 Å². The Morgan fingerprint density at radius 1 is 0.968 bits per heavy atom. The van der Waals surface area contributed by atoms with E-state index in [1.807, 2.05) is 23.1 Å². The van der Waals surface area contributed by atoms with Crippen molar-refractivity contribution in [1.82, 2.24) is 25.1 Å². The van der Waals surface area contributed by atoms with Crippen LogP contribution in [0.2, 0.25) is 0 Å². The minimum absolute atomic E-state index is 0.132. The highest BCUT2D eigenvalue weighted by molar-refractivity contribution is 5.94. The Labute approximate surface area is 175 Å². The lowest BCUT2D eigenvalue weighted by atomic mass is 10.2. The molecule has 1 aliphatic heterocycles. The second-order valence-electron chi connectivity index (χ2n) is 6.85. The standard InChI is InChI=1S/C20H18F3N7O/c21-20(22,23)16-4-3-14(12-25-16)19(31)30-10-8-29(9-11-30)18-6-5-17(27-28-18)26-15-2-1-7-24-13-15/h1-7,12-13H,8-11H2,(H,26,27). The Balaban J connectivity index is 1.33. The summed E-state index contributed by atoms with van der Waals surface area (Å²) in [4.78, 5) is 23.5. The average Bonchev–Trinajstić information content (AvgIpc) is 2.79. The molecule has 1 N–H and O–H groups in total. The monoisotopic (exact) mass is 429 g/mol. The van der Waals surface area contributed by atoms with Crippen molar-refractivity contribution < 1.29 is 18.0 Å². The molecule has 1 aliphatic rings. The number of nitrogens with one attached hydrogen (secondary N) is 1. The van der Waals surface area contributed by atoms with Gasteiger partial charge in [-0.05, 0) is 36.4 Å². The zero-order valence-electron chi connectivity index (χ0n) is 16.3. The SMILES string of the molecule is O=C(c1ccc(C(F)(F)F)nc1)N1CCN(c2ccc(Nc3cccnc3)nn2)CC1. The van der Waals surface area contributed by atoms with Crippen LogP contribution in [0.25, 0.3) is 0 Å². The maximum atomic E-state index is 12.6. The van der Waals surface area contributed by atoms with Gasteiger partial charge in [-0.3, -0.25) is 14.8 Å². The number of halogens is 3. The normalized spacial score (nSPS) is 14.4. The molecular weight excluding hydrogens is 411 g/mol. The number of hydrogen-bond donors (Lipinski definition) is 1. The van der Waals surface area contributed by atoms with Crippen molar-refractivity contribution in [2.45, 2.75) is 6.18 Å². The van der Waals surface area contributed by atoms with Gasteiger partial charge in [-0.15, -0.1) is 10.2 Å². The van der Waals surface area contributed by atoms with Crippen molar-refractivity contribution in [3.63, 3.8) is 0 Å². The molecule has 160 valence electrons. The minimum atomic E-state index is -4.53. The van der Waals surface area contributed by atoms with Gasteiger partial charge in [0.1, 0.15) is 5.69 Å². The van der Waals surface area contributed by atoms with Crippen molar-refractivity contribution in [1.29, 1.82) is 0 Å². The molecule has 0 atom stereocenters. The lowest BCUT2D eigenvalue weighted by molar-refractivity contribution is -0.141. The van der Waals surface area contributed by atoms with Crippen LogP contribution in [0.3, 0.4) is 0 Å². The number of alkyl halides is 3. The number of nitrogens with zero attached hydrogens (tertiary/aromatic N) is 6. The summed E-state index contributed by atoms with van der Waals surface area (Å²) in [7, 11) is 0. The van der Waals surface area contributed by atoms with Gasteiger partial charge in [-0.2, -0.15) is 13.2 Å². The summed E-state index contributed by atoms with van der Waals surface area (Å²) >= 11 is 0. The molecule has 8 nitrogen and oxygen atoms in total. The molecule has 0 unspecified atom stereocenters. The van der Waals surface area contributed by atoms with Crippen LogP contribution in [-0.2, 0) is 6.18 Å². The van der Waals surface area contributed by atoms with E-state index in [0.29, 0.717) is 37.8 Å². The number of amides is 1. The Morgan fingerprint density at radius 2 is 1.77 bits per heavy atom. The Hall–Kier alpha value is -3.76. The van der Waals surface area contributed by atoms with Crippen LogP contribution >= 0.6 is 0 Å². The average molecular weight is 429 g/mol. The van der Waals surface area contributed by atoms with E-state index in [4.69, 9.17) is 0 Å². The van der Waals surface area contributed by atoms with E-state index >= 15 is 0 Å². The fourth-order valence-corrected chi connectivity index (χ4v) is 3.15. The summed E-state index contributed by atoms with van der Waals surface area (Å²) < 4.78 is 37.9. The van der Waals surface area contributed by atoms with Crippen LogP contribution in [0, 0.1) is 0 Å². The zero-order chi connectivity index (χ0) is 21.8. The third-order valence-electron chi connectivity index (χ3n) is 4.78. The van der Waals surface area contributed by atoms with Crippen LogP contribution in [0.15, 0.2) is 55.0 Å². The third-order valence-corrected chi connectivity index (χ3v) is 4.78. The van der Waals surface area contributed by atoms with E-state index in [1.54, 1.807) is 23.4 Å². The summed E-state index contributed by atoms with van der Waals surface area (Å²) in [5.74, 6) is 0.920. The van der Waals surface area contributed by atoms with E-state index in [2.05, 4.69) is 25.5 Å². The smallest absolute Gasteiger partial charge is 0.352 e. The first-order valence-corrected chi connectivity index (χ1v) is 9.48. The van der Waals surface area contributed by atoms with E-state index in [1.165, 1.54) is 0 Å². The quantitative estimate of drug-likeness (QED) is 0.682. The predicted octanol–water partition coefficient (Wildman–Crippen LogP) is 2.99. The Morgan fingerprint density at radius 3 is 2.35 bits per heavy atom. The van der Waals surface area contributed by atoms with Crippen LogP contribution in [0.4, 0.5) is 30.5 Å². The van der Waals surface area contributed by atoms with E-state index in [9.17, 15) is 18.0 Å². The highest BCUT2D eigenvalue weighted by Gasteiger charge is 2.32. The number of hydrogen-bond acceptors (Lipinski definition) is 7. The van der Waals surface area contributed by atoms with E-state index < -0.39 is 11.9 Å². The number of aromatic nitrogens is 4. The molecule has 0 aliphatic carbocycles.